The van der Waals surface area contributed by atoms with Gasteiger partial charge in [0.05, 0.1) is 5.92 Å². The average molecular weight is 276 g/mol. The van der Waals surface area contributed by atoms with Crippen LogP contribution in [0.15, 0.2) is 24.3 Å². The third-order valence-electron chi connectivity index (χ3n) is 3.47. The van der Waals surface area contributed by atoms with E-state index in [1.807, 2.05) is 0 Å². The molecule has 0 spiro atoms. The second-order valence-electron chi connectivity index (χ2n) is 4.87. The Morgan fingerprint density at radius 3 is 2.30 bits per heavy atom. The Bertz CT molecular complexity index is 539. The van der Waals surface area contributed by atoms with E-state index in [1.54, 1.807) is 4.90 Å². The molecule has 0 radical (unpaired) electrons. The summed E-state index contributed by atoms with van der Waals surface area (Å²) >= 11 is 0. The molecule has 6 nitrogen and oxygen atoms in total. The Hall–Kier alpha value is -2.37. The molecule has 0 saturated carbocycles. The third-order valence-corrected chi connectivity index (χ3v) is 3.47. The minimum Gasteiger partial charge on any atom is -0.481 e. The highest BCUT2D eigenvalue weighted by molar-refractivity contribution is 5.97. The number of carboxylic acid groups (broad SMARTS) is 1. The highest BCUT2D eigenvalue weighted by Crippen LogP contribution is 2.19. The van der Waals surface area contributed by atoms with Crippen LogP contribution in [0.5, 0.6) is 0 Å². The molecule has 0 bridgehead atoms. The molecular formula is C14H16N2O4. The highest BCUT2D eigenvalue weighted by atomic mass is 16.4. The van der Waals surface area contributed by atoms with Crippen LogP contribution in [-0.2, 0) is 4.79 Å². The quantitative estimate of drug-likeness (QED) is 0.849. The Labute approximate surface area is 116 Å². The van der Waals surface area contributed by atoms with Crippen molar-refractivity contribution in [2.24, 2.45) is 11.7 Å². The lowest BCUT2D eigenvalue weighted by molar-refractivity contribution is -0.143. The monoisotopic (exact) mass is 276 g/mol. The minimum atomic E-state index is -0.869. The van der Waals surface area contributed by atoms with Gasteiger partial charge in [0, 0.05) is 24.2 Å². The molecule has 1 aliphatic rings. The Morgan fingerprint density at radius 1 is 1.15 bits per heavy atom. The SMILES string of the molecule is NC(=O)c1ccc(C(=O)N2CCC[C@H](C(=O)O)C2)cc1. The van der Waals surface area contributed by atoms with E-state index < -0.39 is 17.8 Å². The first-order chi connectivity index (χ1) is 9.49. The van der Waals surface area contributed by atoms with Gasteiger partial charge in [-0.1, -0.05) is 0 Å². The van der Waals surface area contributed by atoms with Crippen molar-refractivity contribution in [3.8, 4) is 0 Å². The molecular weight excluding hydrogens is 260 g/mol. The maximum Gasteiger partial charge on any atom is 0.308 e. The number of likely N-dealkylation sites (tertiary alicyclic amines) is 1. The lowest BCUT2D eigenvalue weighted by Gasteiger charge is -2.30. The number of hydrogen-bond acceptors (Lipinski definition) is 3. The van der Waals surface area contributed by atoms with Gasteiger partial charge in [-0.05, 0) is 37.1 Å². The van der Waals surface area contributed by atoms with Gasteiger partial charge in [0.15, 0.2) is 0 Å². The Kier molecular flexibility index (Phi) is 4.02. The van der Waals surface area contributed by atoms with Crippen LogP contribution in [0.3, 0.4) is 0 Å². The molecule has 3 N–H and O–H groups in total. The van der Waals surface area contributed by atoms with E-state index in [2.05, 4.69) is 0 Å². The van der Waals surface area contributed by atoms with Crippen molar-refractivity contribution in [1.29, 1.82) is 0 Å². The number of carbonyl (C=O) groups excluding carboxylic acids is 2. The number of carboxylic acids is 1. The van der Waals surface area contributed by atoms with Gasteiger partial charge in [0.2, 0.25) is 5.91 Å². The van der Waals surface area contributed by atoms with E-state index in [4.69, 9.17) is 10.8 Å². The predicted molar refractivity (Wildman–Crippen MR) is 71.2 cm³/mol. The second-order valence-corrected chi connectivity index (χ2v) is 4.87. The molecule has 0 aromatic heterocycles. The number of amides is 2. The third kappa shape index (κ3) is 2.96. The predicted octanol–water partition coefficient (Wildman–Crippen LogP) is 0.722. The van der Waals surface area contributed by atoms with Crippen LogP contribution in [0, 0.1) is 5.92 Å². The molecule has 0 unspecified atom stereocenters. The molecule has 1 aromatic rings. The number of benzene rings is 1. The number of primary amides is 1. The van der Waals surface area contributed by atoms with Crippen molar-refractivity contribution in [2.75, 3.05) is 13.1 Å². The van der Waals surface area contributed by atoms with Crippen LogP contribution in [0.25, 0.3) is 0 Å². The molecule has 6 heteroatoms. The van der Waals surface area contributed by atoms with Gasteiger partial charge in [-0.3, -0.25) is 14.4 Å². The molecule has 2 rings (SSSR count). The average Bonchev–Trinajstić information content (AvgIpc) is 2.46. The van der Waals surface area contributed by atoms with E-state index in [0.29, 0.717) is 30.5 Å². The summed E-state index contributed by atoms with van der Waals surface area (Å²) < 4.78 is 0. The number of nitrogens with zero attached hydrogens (tertiary/aromatic N) is 1. The summed E-state index contributed by atoms with van der Waals surface area (Å²) in [6.45, 7) is 0.784. The summed E-state index contributed by atoms with van der Waals surface area (Å²) in [5.74, 6) is -2.14. The number of carbonyl (C=O) groups is 3. The number of hydrogen-bond donors (Lipinski definition) is 2. The summed E-state index contributed by atoms with van der Waals surface area (Å²) in [7, 11) is 0. The Morgan fingerprint density at radius 2 is 1.75 bits per heavy atom. The van der Waals surface area contributed by atoms with Crippen LogP contribution in [0.2, 0.25) is 0 Å². The Balaban J connectivity index is 2.10. The van der Waals surface area contributed by atoms with Crippen LogP contribution in [0.4, 0.5) is 0 Å². The first-order valence-electron chi connectivity index (χ1n) is 6.41. The van der Waals surface area contributed by atoms with Gasteiger partial charge in [-0.25, -0.2) is 0 Å². The molecule has 0 aliphatic carbocycles. The van der Waals surface area contributed by atoms with Crippen LogP contribution < -0.4 is 5.73 Å². The van der Waals surface area contributed by atoms with Gasteiger partial charge in [-0.15, -0.1) is 0 Å². The highest BCUT2D eigenvalue weighted by Gasteiger charge is 2.28. The molecule has 1 aromatic carbocycles. The second kappa shape index (κ2) is 5.73. The van der Waals surface area contributed by atoms with Gasteiger partial charge >= 0.3 is 5.97 Å². The minimum absolute atomic E-state index is 0.216. The zero-order chi connectivity index (χ0) is 14.7. The maximum atomic E-state index is 12.3. The number of nitrogens with two attached hydrogens (primary N) is 1. The fourth-order valence-corrected chi connectivity index (χ4v) is 2.32. The zero-order valence-electron chi connectivity index (χ0n) is 10.9. The molecule has 106 valence electrons. The van der Waals surface area contributed by atoms with Crippen molar-refractivity contribution < 1.29 is 19.5 Å². The lowest BCUT2D eigenvalue weighted by atomic mass is 9.97. The largest absolute Gasteiger partial charge is 0.481 e. The number of piperidine rings is 1. The van der Waals surface area contributed by atoms with Crippen LogP contribution in [-0.4, -0.2) is 40.9 Å². The summed E-state index contributed by atoms with van der Waals surface area (Å²) in [6.07, 6.45) is 1.28. The fraction of sp³-hybridized carbons (Fsp3) is 0.357. The van der Waals surface area contributed by atoms with Gasteiger partial charge in [0.1, 0.15) is 0 Å². The van der Waals surface area contributed by atoms with Crippen molar-refractivity contribution in [2.45, 2.75) is 12.8 Å². The van der Waals surface area contributed by atoms with Crippen molar-refractivity contribution >= 4 is 17.8 Å². The number of rotatable bonds is 3. The van der Waals surface area contributed by atoms with Crippen LogP contribution in [0.1, 0.15) is 33.6 Å². The normalized spacial score (nSPS) is 18.6. The lowest BCUT2D eigenvalue weighted by Crippen LogP contribution is -2.42. The fourth-order valence-electron chi connectivity index (χ4n) is 2.32. The molecule has 1 fully saturated rings. The summed E-state index contributed by atoms with van der Waals surface area (Å²) in [5.41, 5.74) is 5.90. The van der Waals surface area contributed by atoms with E-state index in [9.17, 15) is 14.4 Å². The van der Waals surface area contributed by atoms with Crippen LogP contribution >= 0.6 is 0 Å². The molecule has 1 saturated heterocycles. The maximum absolute atomic E-state index is 12.3. The molecule has 20 heavy (non-hydrogen) atoms. The first kappa shape index (κ1) is 14.0. The zero-order valence-corrected chi connectivity index (χ0v) is 10.9. The van der Waals surface area contributed by atoms with Crippen molar-refractivity contribution in [3.63, 3.8) is 0 Å². The van der Waals surface area contributed by atoms with Crippen molar-refractivity contribution in [1.82, 2.24) is 4.90 Å². The summed E-state index contributed by atoms with van der Waals surface area (Å²) in [6, 6.07) is 6.06. The van der Waals surface area contributed by atoms with E-state index in [1.165, 1.54) is 24.3 Å². The molecule has 1 heterocycles. The van der Waals surface area contributed by atoms with Gasteiger partial charge in [-0.2, -0.15) is 0 Å². The molecule has 1 aliphatic heterocycles. The van der Waals surface area contributed by atoms with Crippen molar-refractivity contribution in [3.05, 3.63) is 35.4 Å². The standard InChI is InChI=1S/C14H16N2O4/c15-12(17)9-3-5-10(6-4-9)13(18)16-7-1-2-11(8-16)14(19)20/h3-6,11H,1-2,7-8H2,(H2,15,17)(H,19,20)/t11-/m0/s1. The summed E-state index contributed by atoms with van der Waals surface area (Å²) in [5, 5.41) is 9.02. The molecule has 2 amide bonds. The number of aliphatic carboxylic acids is 1. The molecule has 1 atom stereocenters. The van der Waals surface area contributed by atoms with E-state index in [0.717, 1.165) is 0 Å². The van der Waals surface area contributed by atoms with E-state index in [-0.39, 0.29) is 12.5 Å². The van der Waals surface area contributed by atoms with Gasteiger partial charge in [0.25, 0.3) is 5.91 Å². The first-order valence-corrected chi connectivity index (χ1v) is 6.41. The van der Waals surface area contributed by atoms with Gasteiger partial charge < -0.3 is 15.7 Å². The van der Waals surface area contributed by atoms with E-state index >= 15 is 0 Å². The topological polar surface area (TPSA) is 101 Å². The smallest absolute Gasteiger partial charge is 0.308 e. The summed E-state index contributed by atoms with van der Waals surface area (Å²) in [4.78, 5) is 35.8.